The molecule has 1 unspecified atom stereocenters. The van der Waals surface area contributed by atoms with Crippen LogP contribution in [0, 0.1) is 5.92 Å². The van der Waals surface area contributed by atoms with Crippen LogP contribution < -0.4 is 4.80 Å². The normalized spacial score (nSPS) is 17.7. The molecule has 1 aliphatic heterocycles. The molecule has 180 valence electrons. The van der Waals surface area contributed by atoms with Crippen LogP contribution in [-0.2, 0) is 26.1 Å². The van der Waals surface area contributed by atoms with E-state index in [0.717, 1.165) is 23.1 Å². The van der Waals surface area contributed by atoms with Gasteiger partial charge in [-0.3, -0.25) is 9.59 Å². The van der Waals surface area contributed by atoms with E-state index in [2.05, 4.69) is 4.99 Å². The van der Waals surface area contributed by atoms with Gasteiger partial charge in [0.25, 0.3) is 5.91 Å². The van der Waals surface area contributed by atoms with Gasteiger partial charge in [0, 0.05) is 18.7 Å². The van der Waals surface area contributed by atoms with Crippen molar-refractivity contribution in [2.45, 2.75) is 38.1 Å². The molecule has 1 aliphatic rings. The first kappa shape index (κ1) is 24.3. The Kier molecular flexibility index (Phi) is 7.30. The molecule has 4 rings (SSSR count). The van der Waals surface area contributed by atoms with Crippen molar-refractivity contribution in [2.75, 3.05) is 19.7 Å². The van der Waals surface area contributed by atoms with Crippen molar-refractivity contribution in [3.05, 3.63) is 58.9 Å². The van der Waals surface area contributed by atoms with Gasteiger partial charge >= 0.3 is 5.97 Å². The van der Waals surface area contributed by atoms with Gasteiger partial charge in [0.05, 0.1) is 21.7 Å². The molecular formula is C24H27N3O5S2. The van der Waals surface area contributed by atoms with Crippen molar-refractivity contribution in [1.29, 1.82) is 0 Å². The smallest absolute Gasteiger partial charge is 0.326 e. The number of aromatic nitrogens is 1. The standard InChI is InChI=1S/C24H27N3O5S2/c1-3-32-22(28)16-27-20-8-4-5-9-21(20)33-24(27)25-23(29)18-10-12-19(13-11-18)34(30,31)26-14-6-7-17(2)15-26/h4-5,8-13,17H,3,6-7,14-16H2,1-2H3. The first-order valence-electron chi connectivity index (χ1n) is 11.2. The number of ether oxygens (including phenoxy) is 1. The van der Waals surface area contributed by atoms with Crippen LogP contribution in [0.2, 0.25) is 0 Å². The minimum absolute atomic E-state index is 0.0601. The van der Waals surface area contributed by atoms with Crippen molar-refractivity contribution in [2.24, 2.45) is 10.9 Å². The molecule has 0 aliphatic carbocycles. The molecule has 34 heavy (non-hydrogen) atoms. The van der Waals surface area contributed by atoms with Crippen LogP contribution in [0.25, 0.3) is 10.2 Å². The maximum absolute atomic E-state index is 13.0. The lowest BCUT2D eigenvalue weighted by Crippen LogP contribution is -2.39. The van der Waals surface area contributed by atoms with Crippen molar-refractivity contribution in [1.82, 2.24) is 8.87 Å². The van der Waals surface area contributed by atoms with Gasteiger partial charge < -0.3 is 9.30 Å². The maximum Gasteiger partial charge on any atom is 0.326 e. The number of amides is 1. The van der Waals surface area contributed by atoms with Crippen LogP contribution >= 0.6 is 11.3 Å². The summed E-state index contributed by atoms with van der Waals surface area (Å²) in [4.78, 5) is 29.8. The largest absolute Gasteiger partial charge is 0.465 e. The van der Waals surface area contributed by atoms with Crippen LogP contribution in [-0.4, -0.2) is 48.9 Å². The van der Waals surface area contributed by atoms with Crippen LogP contribution in [0.3, 0.4) is 0 Å². The van der Waals surface area contributed by atoms with Gasteiger partial charge in [0.1, 0.15) is 6.54 Å². The van der Waals surface area contributed by atoms with E-state index in [4.69, 9.17) is 4.74 Å². The number of hydrogen-bond donors (Lipinski definition) is 0. The number of benzene rings is 2. The number of carbonyl (C=O) groups is 2. The van der Waals surface area contributed by atoms with Gasteiger partial charge in [-0.2, -0.15) is 9.30 Å². The van der Waals surface area contributed by atoms with Crippen LogP contribution in [0.15, 0.2) is 58.4 Å². The predicted octanol–water partition coefficient (Wildman–Crippen LogP) is 3.43. The molecule has 1 aromatic heterocycles. The van der Waals surface area contributed by atoms with E-state index in [9.17, 15) is 18.0 Å². The zero-order valence-corrected chi connectivity index (χ0v) is 20.8. The number of sulfonamides is 1. The zero-order valence-electron chi connectivity index (χ0n) is 19.1. The molecule has 1 saturated heterocycles. The fraction of sp³-hybridized carbons (Fsp3) is 0.375. The predicted molar refractivity (Wildman–Crippen MR) is 130 cm³/mol. The number of thiazole rings is 1. The molecule has 1 atom stereocenters. The van der Waals surface area contributed by atoms with Crippen LogP contribution in [0.4, 0.5) is 0 Å². The Bertz CT molecular complexity index is 1370. The zero-order chi connectivity index (χ0) is 24.3. The summed E-state index contributed by atoms with van der Waals surface area (Å²) in [5.41, 5.74) is 1.05. The lowest BCUT2D eigenvalue weighted by Gasteiger charge is -2.30. The quantitative estimate of drug-likeness (QED) is 0.482. The van der Waals surface area contributed by atoms with E-state index in [0.29, 0.717) is 23.8 Å². The fourth-order valence-electron chi connectivity index (χ4n) is 4.03. The second-order valence-corrected chi connectivity index (χ2v) is 11.2. The average Bonchev–Trinajstić information content (AvgIpc) is 3.16. The summed E-state index contributed by atoms with van der Waals surface area (Å²) in [6, 6.07) is 13.3. The highest BCUT2D eigenvalue weighted by molar-refractivity contribution is 7.89. The Labute approximate surface area is 202 Å². The molecule has 0 N–H and O–H groups in total. The Morgan fingerprint density at radius 1 is 1.15 bits per heavy atom. The van der Waals surface area contributed by atoms with Gasteiger partial charge in [0.2, 0.25) is 10.0 Å². The molecule has 2 aromatic carbocycles. The third-order valence-electron chi connectivity index (χ3n) is 5.74. The third-order valence-corrected chi connectivity index (χ3v) is 8.68. The van der Waals surface area contributed by atoms with E-state index in [-0.39, 0.29) is 23.6 Å². The first-order chi connectivity index (χ1) is 16.3. The number of hydrogen-bond acceptors (Lipinski definition) is 6. The summed E-state index contributed by atoms with van der Waals surface area (Å²) in [6.45, 7) is 5.00. The van der Waals surface area contributed by atoms with Crippen molar-refractivity contribution in [3.8, 4) is 0 Å². The lowest BCUT2D eigenvalue weighted by atomic mass is 10.0. The van der Waals surface area contributed by atoms with Crippen molar-refractivity contribution < 1.29 is 22.7 Å². The average molecular weight is 502 g/mol. The minimum atomic E-state index is -3.60. The Morgan fingerprint density at radius 2 is 1.88 bits per heavy atom. The number of para-hydroxylation sites is 1. The number of piperidine rings is 1. The molecule has 1 amide bonds. The molecule has 1 fully saturated rings. The third kappa shape index (κ3) is 5.13. The van der Waals surface area contributed by atoms with E-state index >= 15 is 0 Å². The summed E-state index contributed by atoms with van der Waals surface area (Å²) < 4.78 is 35.1. The van der Waals surface area contributed by atoms with E-state index in [1.807, 2.05) is 31.2 Å². The van der Waals surface area contributed by atoms with Gasteiger partial charge in [-0.15, -0.1) is 0 Å². The summed E-state index contributed by atoms with van der Waals surface area (Å²) in [7, 11) is -3.60. The molecular weight excluding hydrogens is 474 g/mol. The molecule has 3 aromatic rings. The fourth-order valence-corrected chi connectivity index (χ4v) is 6.66. The Morgan fingerprint density at radius 3 is 2.59 bits per heavy atom. The van der Waals surface area contributed by atoms with Gasteiger partial charge in [-0.1, -0.05) is 30.4 Å². The lowest BCUT2D eigenvalue weighted by molar-refractivity contribution is -0.143. The number of carbonyl (C=O) groups excluding carboxylic acids is 2. The second kappa shape index (κ2) is 10.2. The highest BCUT2D eigenvalue weighted by atomic mass is 32.2. The monoisotopic (exact) mass is 501 g/mol. The van der Waals surface area contributed by atoms with E-state index < -0.39 is 21.9 Å². The van der Waals surface area contributed by atoms with Crippen LogP contribution in [0.1, 0.15) is 37.0 Å². The molecule has 2 heterocycles. The Balaban J connectivity index is 1.63. The summed E-state index contributed by atoms with van der Waals surface area (Å²) in [5, 5.41) is 0. The highest BCUT2D eigenvalue weighted by Crippen LogP contribution is 2.24. The number of nitrogens with zero attached hydrogens (tertiary/aromatic N) is 3. The molecule has 8 nitrogen and oxygen atoms in total. The number of esters is 1. The van der Waals surface area contributed by atoms with Gasteiger partial charge in [-0.05, 0) is 62.1 Å². The molecule has 0 bridgehead atoms. The van der Waals surface area contributed by atoms with Gasteiger partial charge in [0.15, 0.2) is 4.80 Å². The van der Waals surface area contributed by atoms with Crippen molar-refractivity contribution in [3.63, 3.8) is 0 Å². The summed E-state index contributed by atoms with van der Waals surface area (Å²) >= 11 is 1.30. The second-order valence-electron chi connectivity index (χ2n) is 8.30. The Hall–Kier alpha value is -2.82. The highest BCUT2D eigenvalue weighted by Gasteiger charge is 2.28. The van der Waals surface area contributed by atoms with E-state index in [1.54, 1.807) is 11.5 Å². The molecule has 0 radical (unpaired) electrons. The summed E-state index contributed by atoms with van der Waals surface area (Å²) in [6.07, 6.45) is 1.87. The molecule has 10 heteroatoms. The number of fused-ring (bicyclic) bond motifs is 1. The molecule has 0 spiro atoms. The van der Waals surface area contributed by atoms with E-state index in [1.165, 1.54) is 39.9 Å². The van der Waals surface area contributed by atoms with Crippen molar-refractivity contribution >= 4 is 43.5 Å². The summed E-state index contributed by atoms with van der Waals surface area (Å²) in [5.74, 6) is -0.605. The molecule has 0 saturated carbocycles. The minimum Gasteiger partial charge on any atom is -0.465 e. The topological polar surface area (TPSA) is 98.0 Å². The van der Waals surface area contributed by atoms with Gasteiger partial charge in [-0.25, -0.2) is 8.42 Å². The SMILES string of the molecule is CCOC(=O)Cn1c(=NC(=O)c2ccc(S(=O)(=O)N3CCCC(C)C3)cc2)sc2ccccc21. The van der Waals surface area contributed by atoms with Crippen LogP contribution in [0.5, 0.6) is 0 Å². The maximum atomic E-state index is 13.0. The number of rotatable bonds is 6. The first-order valence-corrected chi connectivity index (χ1v) is 13.5.